The molecule has 61 valence electrons. The molecule has 0 aromatic carbocycles. The normalized spacial score (nSPS) is 16.8. The summed E-state index contributed by atoms with van der Waals surface area (Å²) < 4.78 is 0. The van der Waals surface area contributed by atoms with E-state index in [-0.39, 0.29) is 0 Å². The second-order valence-electron chi connectivity index (χ2n) is 2.88. The molecule has 0 saturated carbocycles. The molecule has 0 bridgehead atoms. The van der Waals surface area contributed by atoms with Crippen LogP contribution in [0.3, 0.4) is 0 Å². The van der Waals surface area contributed by atoms with Crippen LogP contribution in [0.15, 0.2) is 0 Å². The number of alkyl halides is 1. The summed E-state index contributed by atoms with van der Waals surface area (Å²) in [5, 5.41) is 0.292. The molecular weight excluding hydrogens is 144 g/mol. The molecule has 0 aromatic rings. The zero-order valence-corrected chi connectivity index (χ0v) is 7.99. The Bertz CT molecular complexity index is 71.1. The van der Waals surface area contributed by atoms with Crippen LogP contribution in [0.1, 0.15) is 40.0 Å². The Hall–Kier alpha value is 0.290. The second-order valence-corrected chi connectivity index (χ2v) is 3.44. The lowest BCUT2D eigenvalue weighted by molar-refractivity contribution is 0.602. The fourth-order valence-corrected chi connectivity index (χ4v) is 1.33. The van der Waals surface area contributed by atoms with E-state index in [0.717, 1.165) is 6.42 Å². The average molecular weight is 162 g/mol. The van der Waals surface area contributed by atoms with Crippen molar-refractivity contribution in [1.29, 1.82) is 0 Å². The highest BCUT2D eigenvalue weighted by Crippen LogP contribution is 2.16. The molecule has 0 aromatic heterocycles. The molecule has 0 nitrogen and oxygen atoms in total. The third-order valence-electron chi connectivity index (χ3n) is 1.75. The Labute approximate surface area is 70.0 Å². The minimum atomic E-state index is 0.292. The highest BCUT2D eigenvalue weighted by molar-refractivity contribution is 6.21. The molecule has 0 aliphatic rings. The first kappa shape index (κ1) is 10.3. The quantitative estimate of drug-likeness (QED) is 0.540. The van der Waals surface area contributed by atoms with Gasteiger partial charge in [0.15, 0.2) is 0 Å². The van der Waals surface area contributed by atoms with Crippen LogP contribution in [0.5, 0.6) is 0 Å². The van der Waals surface area contributed by atoms with Crippen LogP contribution in [0.2, 0.25) is 0 Å². The highest BCUT2D eigenvalue weighted by atomic mass is 35.5. The second kappa shape index (κ2) is 6.03. The van der Waals surface area contributed by atoms with Crippen molar-refractivity contribution in [2.75, 3.05) is 0 Å². The number of halogens is 1. The summed E-state index contributed by atoms with van der Waals surface area (Å²) in [6, 6.07) is 0. The lowest BCUT2D eigenvalue weighted by Crippen LogP contribution is -2.05. The molecule has 0 aliphatic carbocycles. The van der Waals surface area contributed by atoms with Gasteiger partial charge in [0.05, 0.1) is 0 Å². The summed E-state index contributed by atoms with van der Waals surface area (Å²) in [5.41, 5.74) is 0. The predicted octanol–water partition coefficient (Wildman–Crippen LogP) is 3.64. The summed E-state index contributed by atoms with van der Waals surface area (Å²) in [6.45, 7) is 6.57. The van der Waals surface area contributed by atoms with E-state index in [2.05, 4.69) is 27.2 Å². The number of hydrogen-bond acceptors (Lipinski definition) is 0. The summed E-state index contributed by atoms with van der Waals surface area (Å²) >= 11 is 6.00. The first-order chi connectivity index (χ1) is 4.70. The van der Waals surface area contributed by atoms with Crippen LogP contribution in [0.4, 0.5) is 0 Å². The van der Waals surface area contributed by atoms with Crippen molar-refractivity contribution < 1.29 is 0 Å². The van der Waals surface area contributed by atoms with Crippen LogP contribution in [-0.2, 0) is 0 Å². The summed E-state index contributed by atoms with van der Waals surface area (Å²) in [5.74, 6) is 0.675. The van der Waals surface area contributed by atoms with Gasteiger partial charge in [-0.05, 0) is 18.8 Å². The Morgan fingerprint density at radius 3 is 2.40 bits per heavy atom. The maximum atomic E-state index is 6.00. The molecule has 0 aliphatic heterocycles. The van der Waals surface area contributed by atoms with E-state index in [1.54, 1.807) is 0 Å². The van der Waals surface area contributed by atoms with Gasteiger partial charge in [-0.1, -0.05) is 33.6 Å². The Balaban J connectivity index is 3.27. The van der Waals surface area contributed by atoms with Crippen molar-refractivity contribution in [1.82, 2.24) is 0 Å². The van der Waals surface area contributed by atoms with Crippen molar-refractivity contribution in [3.63, 3.8) is 0 Å². The maximum Gasteiger partial charge on any atom is 0.0370 e. The molecule has 2 atom stereocenters. The van der Waals surface area contributed by atoms with E-state index >= 15 is 0 Å². The Morgan fingerprint density at radius 1 is 1.40 bits per heavy atom. The van der Waals surface area contributed by atoms with Crippen molar-refractivity contribution in [2.24, 2.45) is 5.92 Å². The molecule has 0 fully saturated rings. The Morgan fingerprint density at radius 2 is 2.00 bits per heavy atom. The molecule has 2 unspecified atom stereocenters. The lowest BCUT2D eigenvalue weighted by Gasteiger charge is -2.11. The van der Waals surface area contributed by atoms with Crippen molar-refractivity contribution in [2.45, 2.75) is 45.4 Å². The minimum Gasteiger partial charge on any atom is -0.123 e. The summed E-state index contributed by atoms with van der Waals surface area (Å²) in [4.78, 5) is 0. The van der Waals surface area contributed by atoms with Crippen LogP contribution < -0.4 is 0 Å². The van der Waals surface area contributed by atoms with Gasteiger partial charge in [0.2, 0.25) is 0 Å². The largest absolute Gasteiger partial charge is 0.123 e. The fourth-order valence-electron chi connectivity index (χ4n) is 0.865. The predicted molar refractivity (Wildman–Crippen MR) is 48.3 cm³/mol. The van der Waals surface area contributed by atoms with Gasteiger partial charge in [-0.2, -0.15) is 0 Å². The van der Waals surface area contributed by atoms with Crippen LogP contribution in [0, 0.1) is 12.3 Å². The molecule has 0 saturated heterocycles. The van der Waals surface area contributed by atoms with E-state index in [4.69, 9.17) is 11.6 Å². The SMILES string of the molecule is CCCC(Cl)[CH]C(C)CC. The zero-order valence-electron chi connectivity index (χ0n) is 7.23. The monoisotopic (exact) mass is 161 g/mol. The lowest BCUT2D eigenvalue weighted by atomic mass is 10.0. The van der Waals surface area contributed by atoms with Gasteiger partial charge in [-0.15, -0.1) is 11.6 Å². The molecule has 1 heteroatoms. The highest BCUT2D eigenvalue weighted by Gasteiger charge is 2.07. The average Bonchev–Trinajstić information content (AvgIpc) is 1.88. The fraction of sp³-hybridized carbons (Fsp3) is 0.889. The molecule has 10 heavy (non-hydrogen) atoms. The van der Waals surface area contributed by atoms with E-state index in [0.29, 0.717) is 11.3 Å². The molecule has 0 rings (SSSR count). The van der Waals surface area contributed by atoms with Gasteiger partial charge in [-0.25, -0.2) is 0 Å². The number of hydrogen-bond donors (Lipinski definition) is 0. The molecular formula is C9H18Cl. The standard InChI is InChI=1S/C9H18Cl/c1-4-6-9(10)7-8(3)5-2/h7-9H,4-6H2,1-3H3. The topological polar surface area (TPSA) is 0 Å². The molecule has 0 spiro atoms. The molecule has 1 radical (unpaired) electrons. The minimum absolute atomic E-state index is 0.292. The first-order valence-corrected chi connectivity index (χ1v) is 4.63. The van der Waals surface area contributed by atoms with Crippen molar-refractivity contribution in [3.8, 4) is 0 Å². The van der Waals surface area contributed by atoms with E-state index in [1.807, 2.05) is 0 Å². The van der Waals surface area contributed by atoms with Gasteiger partial charge >= 0.3 is 0 Å². The molecule has 0 N–H and O–H groups in total. The van der Waals surface area contributed by atoms with Gasteiger partial charge in [-0.3, -0.25) is 0 Å². The van der Waals surface area contributed by atoms with Crippen LogP contribution in [0.25, 0.3) is 0 Å². The van der Waals surface area contributed by atoms with Gasteiger partial charge < -0.3 is 0 Å². The number of rotatable bonds is 5. The summed E-state index contributed by atoms with van der Waals surface area (Å²) in [6.07, 6.45) is 5.74. The van der Waals surface area contributed by atoms with E-state index < -0.39 is 0 Å². The molecule has 0 amide bonds. The zero-order chi connectivity index (χ0) is 7.98. The van der Waals surface area contributed by atoms with Gasteiger partial charge in [0, 0.05) is 5.38 Å². The third-order valence-corrected chi connectivity index (χ3v) is 2.11. The van der Waals surface area contributed by atoms with Crippen LogP contribution in [-0.4, -0.2) is 5.38 Å². The van der Waals surface area contributed by atoms with Crippen molar-refractivity contribution in [3.05, 3.63) is 6.42 Å². The van der Waals surface area contributed by atoms with E-state index in [1.165, 1.54) is 12.8 Å². The summed E-state index contributed by atoms with van der Waals surface area (Å²) in [7, 11) is 0. The third kappa shape index (κ3) is 5.10. The maximum absolute atomic E-state index is 6.00. The Kier molecular flexibility index (Phi) is 6.20. The smallest absolute Gasteiger partial charge is 0.0370 e. The van der Waals surface area contributed by atoms with E-state index in [9.17, 15) is 0 Å². The van der Waals surface area contributed by atoms with Crippen molar-refractivity contribution >= 4 is 11.6 Å². The van der Waals surface area contributed by atoms with Gasteiger partial charge in [0.25, 0.3) is 0 Å². The van der Waals surface area contributed by atoms with Crippen LogP contribution >= 0.6 is 11.6 Å². The first-order valence-electron chi connectivity index (χ1n) is 4.19. The molecule has 0 heterocycles. The van der Waals surface area contributed by atoms with Gasteiger partial charge in [0.1, 0.15) is 0 Å².